The molecule has 3 aliphatic rings. The van der Waals surface area contributed by atoms with Crippen molar-refractivity contribution in [3.63, 3.8) is 0 Å². The minimum absolute atomic E-state index is 0. The van der Waals surface area contributed by atoms with Gasteiger partial charge in [0.1, 0.15) is 0 Å². The van der Waals surface area contributed by atoms with Gasteiger partial charge in [0, 0.05) is 38.3 Å². The highest BCUT2D eigenvalue weighted by Crippen LogP contribution is 2.52. The molecule has 3 fully saturated rings. The molecule has 7 heteroatoms. The molecule has 2 saturated heterocycles. The van der Waals surface area contributed by atoms with E-state index in [2.05, 4.69) is 11.8 Å². The van der Waals surface area contributed by atoms with Gasteiger partial charge in [-0.3, -0.25) is 0 Å². The average molecular weight is 425 g/mol. The van der Waals surface area contributed by atoms with E-state index >= 15 is 0 Å². The molecule has 0 radical (unpaired) electrons. The van der Waals surface area contributed by atoms with Gasteiger partial charge in [0.2, 0.25) is 0 Å². The van der Waals surface area contributed by atoms with E-state index in [1.165, 1.54) is 0 Å². The number of nitrogens with two attached hydrogens (primary N) is 1. The minimum atomic E-state index is 0. The number of halogens is 1. The van der Waals surface area contributed by atoms with E-state index in [1.807, 2.05) is 0 Å². The molecular formula is C15H28IN3O3. The van der Waals surface area contributed by atoms with Gasteiger partial charge in [-0.2, -0.15) is 0 Å². The molecular weight excluding hydrogens is 397 g/mol. The smallest absolute Gasteiger partial charge is 0.191 e. The van der Waals surface area contributed by atoms with E-state index < -0.39 is 0 Å². The number of nitrogens with zero attached hydrogens (tertiary/aromatic N) is 2. The summed E-state index contributed by atoms with van der Waals surface area (Å²) in [5.41, 5.74) is 6.36. The highest BCUT2D eigenvalue weighted by molar-refractivity contribution is 14.0. The Morgan fingerprint density at radius 2 is 1.86 bits per heavy atom. The molecule has 2 heterocycles. The number of rotatable bonds is 3. The molecule has 22 heavy (non-hydrogen) atoms. The Bertz CT molecular complexity index is 382. The van der Waals surface area contributed by atoms with Crippen LogP contribution in [0.1, 0.15) is 26.2 Å². The van der Waals surface area contributed by atoms with E-state index in [0.717, 1.165) is 65.4 Å². The van der Waals surface area contributed by atoms with Gasteiger partial charge in [-0.1, -0.05) is 0 Å². The Hall–Kier alpha value is -0.120. The first-order valence-electron chi connectivity index (χ1n) is 8.11. The summed E-state index contributed by atoms with van der Waals surface area (Å²) in [5, 5.41) is 0. The number of hydrogen-bond acceptors (Lipinski definition) is 4. The molecule has 2 N–H and O–H groups in total. The van der Waals surface area contributed by atoms with Gasteiger partial charge in [-0.05, 0) is 26.2 Å². The summed E-state index contributed by atoms with van der Waals surface area (Å²) in [4.78, 5) is 6.97. The first-order chi connectivity index (χ1) is 10.3. The topological polar surface area (TPSA) is 69.3 Å². The van der Waals surface area contributed by atoms with Crippen molar-refractivity contribution >= 4 is 29.9 Å². The van der Waals surface area contributed by atoms with Crippen LogP contribution in [0.2, 0.25) is 0 Å². The number of hydrogen-bond donors (Lipinski definition) is 1. The lowest BCUT2D eigenvalue weighted by atomic mass is 9.58. The van der Waals surface area contributed by atoms with E-state index in [9.17, 15) is 0 Å². The van der Waals surface area contributed by atoms with Crippen molar-refractivity contribution in [1.82, 2.24) is 4.90 Å². The zero-order valence-electron chi connectivity index (χ0n) is 13.3. The summed E-state index contributed by atoms with van der Waals surface area (Å²) >= 11 is 0. The van der Waals surface area contributed by atoms with Crippen LogP contribution in [0.3, 0.4) is 0 Å². The van der Waals surface area contributed by atoms with E-state index in [4.69, 9.17) is 24.9 Å². The highest BCUT2D eigenvalue weighted by Gasteiger charge is 2.56. The number of aliphatic imine (C=N–C) groups is 1. The largest absolute Gasteiger partial charge is 0.381 e. The van der Waals surface area contributed by atoms with Crippen molar-refractivity contribution < 1.29 is 14.2 Å². The van der Waals surface area contributed by atoms with Crippen molar-refractivity contribution in [2.75, 3.05) is 46.1 Å². The molecule has 0 aromatic carbocycles. The van der Waals surface area contributed by atoms with Crippen LogP contribution in [-0.4, -0.2) is 69.1 Å². The van der Waals surface area contributed by atoms with Crippen molar-refractivity contribution in [2.24, 2.45) is 16.1 Å². The van der Waals surface area contributed by atoms with Crippen LogP contribution >= 0.6 is 24.0 Å². The van der Waals surface area contributed by atoms with Crippen LogP contribution in [0.15, 0.2) is 4.99 Å². The summed E-state index contributed by atoms with van der Waals surface area (Å²) < 4.78 is 16.8. The molecule has 2 aliphatic heterocycles. The second-order valence-corrected chi connectivity index (χ2v) is 6.13. The van der Waals surface area contributed by atoms with Crippen molar-refractivity contribution in [3.8, 4) is 0 Å². The quantitative estimate of drug-likeness (QED) is 0.419. The molecule has 2 atom stereocenters. The van der Waals surface area contributed by atoms with Crippen LogP contribution in [0.4, 0.5) is 0 Å². The number of ether oxygens (including phenoxy) is 3. The molecule has 1 saturated carbocycles. The Kier molecular flexibility index (Phi) is 6.73. The van der Waals surface area contributed by atoms with Gasteiger partial charge in [0.25, 0.3) is 0 Å². The second kappa shape index (κ2) is 8.12. The zero-order chi connectivity index (χ0) is 14.7. The summed E-state index contributed by atoms with van der Waals surface area (Å²) in [6.07, 6.45) is 3.36. The molecule has 1 aliphatic carbocycles. The molecule has 128 valence electrons. The second-order valence-electron chi connectivity index (χ2n) is 6.13. The normalized spacial score (nSPS) is 31.5. The van der Waals surface area contributed by atoms with Gasteiger partial charge in [0.15, 0.2) is 5.96 Å². The molecule has 3 rings (SSSR count). The van der Waals surface area contributed by atoms with Gasteiger partial charge < -0.3 is 24.8 Å². The third kappa shape index (κ3) is 3.52. The molecule has 0 bridgehead atoms. The van der Waals surface area contributed by atoms with Crippen LogP contribution in [-0.2, 0) is 14.2 Å². The molecule has 0 aromatic rings. The van der Waals surface area contributed by atoms with Crippen LogP contribution in [0.5, 0.6) is 0 Å². The maximum atomic E-state index is 6.22. The Morgan fingerprint density at radius 1 is 1.23 bits per heavy atom. The Labute approximate surface area is 149 Å². The molecule has 0 aromatic heterocycles. The third-order valence-electron chi connectivity index (χ3n) is 5.16. The van der Waals surface area contributed by atoms with E-state index in [1.54, 1.807) is 0 Å². The molecule has 0 amide bonds. The number of guanidine groups is 1. The van der Waals surface area contributed by atoms with Gasteiger partial charge in [-0.15, -0.1) is 24.0 Å². The first-order valence-corrected chi connectivity index (χ1v) is 8.11. The fraction of sp³-hybridized carbons (Fsp3) is 0.933. The van der Waals surface area contributed by atoms with Crippen molar-refractivity contribution in [3.05, 3.63) is 0 Å². The van der Waals surface area contributed by atoms with Gasteiger partial charge in [-0.25, -0.2) is 4.99 Å². The highest BCUT2D eigenvalue weighted by atomic mass is 127. The molecule has 2 unspecified atom stereocenters. The Morgan fingerprint density at radius 3 is 2.50 bits per heavy atom. The fourth-order valence-electron chi connectivity index (χ4n) is 3.78. The average Bonchev–Trinajstić information content (AvgIpc) is 2.55. The lowest BCUT2D eigenvalue weighted by Crippen LogP contribution is -2.60. The first kappa shape index (κ1) is 18.2. The maximum absolute atomic E-state index is 6.22. The molecule has 1 spiro atoms. The van der Waals surface area contributed by atoms with Crippen molar-refractivity contribution in [1.29, 1.82) is 0 Å². The standard InChI is InChI=1S/C15H27N3O3.HI/c1-2-21-13-11-12(15(13)3-7-19-8-4-15)17-14(16)18-5-9-20-10-6-18;/h12-13H,2-11H2,1H3,(H2,16,17);1H. The fourth-order valence-corrected chi connectivity index (χ4v) is 3.78. The molecule has 6 nitrogen and oxygen atoms in total. The van der Waals surface area contributed by atoms with Crippen LogP contribution in [0.25, 0.3) is 0 Å². The predicted molar refractivity (Wildman–Crippen MR) is 95.7 cm³/mol. The van der Waals surface area contributed by atoms with Crippen molar-refractivity contribution in [2.45, 2.75) is 38.3 Å². The summed E-state index contributed by atoms with van der Waals surface area (Å²) in [7, 11) is 0. The third-order valence-corrected chi connectivity index (χ3v) is 5.16. The lowest BCUT2D eigenvalue weighted by Gasteiger charge is -2.55. The van der Waals surface area contributed by atoms with Crippen LogP contribution in [0, 0.1) is 5.41 Å². The lowest BCUT2D eigenvalue weighted by molar-refractivity contribution is -0.163. The minimum Gasteiger partial charge on any atom is -0.381 e. The summed E-state index contributed by atoms with van der Waals surface area (Å²) in [6, 6.07) is 0.279. The van der Waals surface area contributed by atoms with Gasteiger partial charge in [0.05, 0.1) is 25.4 Å². The zero-order valence-corrected chi connectivity index (χ0v) is 15.7. The maximum Gasteiger partial charge on any atom is 0.191 e. The number of morpholine rings is 1. The SMILES string of the molecule is CCOC1CC(N=C(N)N2CCOCC2)C12CCOCC2.I. The summed E-state index contributed by atoms with van der Waals surface area (Å²) in [5.74, 6) is 0.670. The van der Waals surface area contributed by atoms with E-state index in [0.29, 0.717) is 12.1 Å². The van der Waals surface area contributed by atoms with E-state index in [-0.39, 0.29) is 35.4 Å². The monoisotopic (exact) mass is 425 g/mol. The summed E-state index contributed by atoms with van der Waals surface area (Å²) in [6.45, 7) is 7.61. The van der Waals surface area contributed by atoms with Gasteiger partial charge >= 0.3 is 0 Å². The Balaban J connectivity index is 0.00000176. The predicted octanol–water partition coefficient (Wildman–Crippen LogP) is 1.23. The van der Waals surface area contributed by atoms with Crippen LogP contribution < -0.4 is 5.73 Å².